The molecule has 0 saturated carbocycles. The number of carbonyl (C=O) groups excluding carboxylic acids is 1. The van der Waals surface area contributed by atoms with Crippen molar-refractivity contribution in [1.82, 2.24) is 24.9 Å². The molecule has 0 radical (unpaired) electrons. The molecule has 1 amide bonds. The number of nitrogens with zero attached hydrogens (tertiary/aromatic N) is 5. The SMILES string of the molecule is C[C@H](O)CNC(=O)c1cnn2ccc(N3CCC[C@@H]3c3cncc(F)c3)nc12. The maximum Gasteiger partial charge on any atom is 0.256 e. The first kappa shape index (κ1) is 18.3. The Hall–Kier alpha value is -3.07. The molecule has 0 spiro atoms. The third-order valence-corrected chi connectivity index (χ3v) is 4.81. The lowest BCUT2D eigenvalue weighted by molar-refractivity contribution is 0.0925. The number of aromatic nitrogens is 4. The van der Waals surface area contributed by atoms with E-state index in [-0.39, 0.29) is 24.3 Å². The Morgan fingerprint density at radius 1 is 1.43 bits per heavy atom. The second-order valence-corrected chi connectivity index (χ2v) is 6.96. The van der Waals surface area contributed by atoms with E-state index in [4.69, 9.17) is 0 Å². The molecule has 0 bridgehead atoms. The van der Waals surface area contributed by atoms with E-state index in [9.17, 15) is 14.3 Å². The van der Waals surface area contributed by atoms with Gasteiger partial charge in [-0.3, -0.25) is 9.78 Å². The average Bonchev–Trinajstić information content (AvgIpc) is 3.32. The molecular formula is C19H21FN6O2. The summed E-state index contributed by atoms with van der Waals surface area (Å²) in [4.78, 5) is 23.1. The number of hydrogen-bond donors (Lipinski definition) is 2. The number of anilines is 1. The summed E-state index contributed by atoms with van der Waals surface area (Å²) in [6.45, 7) is 2.53. The first-order valence-corrected chi connectivity index (χ1v) is 9.20. The van der Waals surface area contributed by atoms with Crippen molar-refractivity contribution in [2.24, 2.45) is 0 Å². The quantitative estimate of drug-likeness (QED) is 0.695. The molecule has 4 rings (SSSR count). The highest BCUT2D eigenvalue weighted by molar-refractivity contribution is 5.99. The lowest BCUT2D eigenvalue weighted by Gasteiger charge is -2.26. The Kier molecular flexibility index (Phi) is 4.91. The third kappa shape index (κ3) is 3.53. The van der Waals surface area contributed by atoms with Crippen LogP contribution in [0.2, 0.25) is 0 Å². The molecule has 1 aliphatic rings. The predicted octanol–water partition coefficient (Wildman–Crippen LogP) is 1.72. The molecule has 1 fully saturated rings. The zero-order valence-electron chi connectivity index (χ0n) is 15.4. The number of carbonyl (C=O) groups is 1. The summed E-state index contributed by atoms with van der Waals surface area (Å²) in [5, 5.41) is 16.2. The number of halogens is 1. The molecule has 8 nitrogen and oxygen atoms in total. The van der Waals surface area contributed by atoms with Crippen LogP contribution in [0.15, 0.2) is 36.9 Å². The monoisotopic (exact) mass is 384 g/mol. The van der Waals surface area contributed by atoms with Crippen molar-refractivity contribution in [3.63, 3.8) is 0 Å². The van der Waals surface area contributed by atoms with Crippen LogP contribution in [0.25, 0.3) is 5.65 Å². The fraction of sp³-hybridized carbons (Fsp3) is 0.368. The van der Waals surface area contributed by atoms with Crippen LogP contribution in [0, 0.1) is 5.82 Å². The van der Waals surface area contributed by atoms with Gasteiger partial charge in [-0.25, -0.2) is 13.9 Å². The molecule has 3 aromatic heterocycles. The van der Waals surface area contributed by atoms with Crippen molar-refractivity contribution in [1.29, 1.82) is 0 Å². The van der Waals surface area contributed by atoms with Crippen molar-refractivity contribution in [2.45, 2.75) is 31.9 Å². The van der Waals surface area contributed by atoms with Crippen molar-refractivity contribution in [3.8, 4) is 0 Å². The minimum absolute atomic E-state index is 0.0198. The lowest BCUT2D eigenvalue weighted by Crippen LogP contribution is -2.30. The van der Waals surface area contributed by atoms with Gasteiger partial charge in [0.2, 0.25) is 0 Å². The number of rotatable bonds is 5. The minimum atomic E-state index is -0.639. The van der Waals surface area contributed by atoms with Gasteiger partial charge in [-0.2, -0.15) is 5.10 Å². The molecule has 146 valence electrons. The number of fused-ring (bicyclic) bond motifs is 1. The topological polar surface area (TPSA) is 95.6 Å². The molecule has 0 aliphatic carbocycles. The van der Waals surface area contributed by atoms with Gasteiger partial charge in [0.1, 0.15) is 17.2 Å². The molecule has 2 atom stereocenters. The van der Waals surface area contributed by atoms with Crippen LogP contribution < -0.4 is 10.2 Å². The van der Waals surface area contributed by atoms with E-state index < -0.39 is 6.10 Å². The maximum atomic E-state index is 13.6. The van der Waals surface area contributed by atoms with Gasteiger partial charge in [-0.05, 0) is 37.5 Å². The van der Waals surface area contributed by atoms with Crippen LogP contribution in [0.1, 0.15) is 41.7 Å². The van der Waals surface area contributed by atoms with Crippen LogP contribution in [0.4, 0.5) is 10.2 Å². The van der Waals surface area contributed by atoms with Crippen molar-refractivity contribution in [3.05, 3.63) is 53.9 Å². The Morgan fingerprint density at radius 3 is 3.07 bits per heavy atom. The van der Waals surface area contributed by atoms with Gasteiger partial charge in [-0.1, -0.05) is 0 Å². The van der Waals surface area contributed by atoms with Crippen LogP contribution in [0.3, 0.4) is 0 Å². The number of nitrogens with one attached hydrogen (secondary N) is 1. The lowest BCUT2D eigenvalue weighted by atomic mass is 10.1. The number of pyridine rings is 1. The van der Waals surface area contributed by atoms with Gasteiger partial charge < -0.3 is 15.3 Å². The fourth-order valence-corrected chi connectivity index (χ4v) is 3.51. The van der Waals surface area contributed by atoms with Crippen LogP contribution in [-0.4, -0.2) is 49.8 Å². The molecule has 0 unspecified atom stereocenters. The van der Waals surface area contributed by atoms with E-state index in [1.54, 1.807) is 19.3 Å². The summed E-state index contributed by atoms with van der Waals surface area (Å²) in [5.74, 6) is -0.00203. The van der Waals surface area contributed by atoms with Crippen molar-refractivity contribution < 1.29 is 14.3 Å². The highest BCUT2D eigenvalue weighted by atomic mass is 19.1. The van der Waals surface area contributed by atoms with E-state index >= 15 is 0 Å². The number of amides is 1. The second kappa shape index (κ2) is 7.51. The van der Waals surface area contributed by atoms with Crippen molar-refractivity contribution in [2.75, 3.05) is 18.0 Å². The molecule has 3 aromatic rings. The second-order valence-electron chi connectivity index (χ2n) is 6.96. The zero-order chi connectivity index (χ0) is 19.7. The van der Waals surface area contributed by atoms with Gasteiger partial charge in [0.05, 0.1) is 24.5 Å². The summed E-state index contributed by atoms with van der Waals surface area (Å²) in [7, 11) is 0. The zero-order valence-corrected chi connectivity index (χ0v) is 15.4. The highest BCUT2D eigenvalue weighted by Gasteiger charge is 2.28. The van der Waals surface area contributed by atoms with Gasteiger partial charge in [0, 0.05) is 25.5 Å². The summed E-state index contributed by atoms with van der Waals surface area (Å²) in [6.07, 6.45) is 7.27. The number of aliphatic hydroxyl groups excluding tert-OH is 1. The molecule has 4 heterocycles. The number of aliphatic hydroxyl groups is 1. The summed E-state index contributed by atoms with van der Waals surface area (Å²) in [6, 6.07) is 3.32. The normalized spacial score (nSPS) is 17.8. The van der Waals surface area contributed by atoms with Gasteiger partial charge in [0.15, 0.2) is 5.65 Å². The summed E-state index contributed by atoms with van der Waals surface area (Å²) in [5.41, 5.74) is 1.58. The van der Waals surface area contributed by atoms with Gasteiger partial charge >= 0.3 is 0 Å². The van der Waals surface area contributed by atoms with Gasteiger partial charge in [-0.15, -0.1) is 0 Å². The largest absolute Gasteiger partial charge is 0.392 e. The Balaban J connectivity index is 1.65. The Bertz CT molecular complexity index is 1010. The van der Waals surface area contributed by atoms with E-state index in [0.717, 1.165) is 24.9 Å². The molecule has 28 heavy (non-hydrogen) atoms. The molecule has 1 saturated heterocycles. The van der Waals surface area contributed by atoms with E-state index in [2.05, 4.69) is 25.3 Å². The van der Waals surface area contributed by atoms with Gasteiger partial charge in [0.25, 0.3) is 5.91 Å². The fourth-order valence-electron chi connectivity index (χ4n) is 3.51. The minimum Gasteiger partial charge on any atom is -0.392 e. The standard InChI is InChI=1S/C19H21FN6O2/c1-12(27)8-22-19(28)15-11-23-26-6-4-17(24-18(15)26)25-5-2-3-16(25)13-7-14(20)10-21-9-13/h4,6-7,9-12,16,27H,2-3,5,8H2,1H3,(H,22,28)/t12-,16+/m0/s1. The smallest absolute Gasteiger partial charge is 0.256 e. The van der Waals surface area contributed by atoms with E-state index in [1.807, 2.05) is 6.07 Å². The van der Waals surface area contributed by atoms with Crippen molar-refractivity contribution >= 4 is 17.4 Å². The van der Waals surface area contributed by atoms with Crippen LogP contribution >= 0.6 is 0 Å². The molecule has 2 N–H and O–H groups in total. The first-order chi connectivity index (χ1) is 13.5. The highest BCUT2D eigenvalue weighted by Crippen LogP contribution is 2.35. The molecular weight excluding hydrogens is 363 g/mol. The summed E-state index contributed by atoms with van der Waals surface area (Å²) < 4.78 is 15.2. The third-order valence-electron chi connectivity index (χ3n) is 4.81. The Labute approximate surface area is 161 Å². The molecule has 1 aliphatic heterocycles. The van der Waals surface area contributed by atoms with Crippen LogP contribution in [-0.2, 0) is 0 Å². The van der Waals surface area contributed by atoms with E-state index in [1.165, 1.54) is 23.0 Å². The summed E-state index contributed by atoms with van der Waals surface area (Å²) >= 11 is 0. The van der Waals surface area contributed by atoms with Crippen LogP contribution in [0.5, 0.6) is 0 Å². The maximum absolute atomic E-state index is 13.6. The average molecular weight is 384 g/mol. The molecule has 0 aromatic carbocycles. The Morgan fingerprint density at radius 2 is 2.29 bits per heavy atom. The number of hydrogen-bond acceptors (Lipinski definition) is 6. The molecule has 9 heteroatoms. The van der Waals surface area contributed by atoms with E-state index in [0.29, 0.717) is 17.0 Å². The predicted molar refractivity (Wildman–Crippen MR) is 101 cm³/mol. The first-order valence-electron chi connectivity index (χ1n) is 9.20.